The van der Waals surface area contributed by atoms with Gasteiger partial charge >= 0.3 is 6.03 Å². The van der Waals surface area contributed by atoms with Crippen LogP contribution in [0.15, 0.2) is 36.5 Å². The van der Waals surface area contributed by atoms with Gasteiger partial charge in [-0.25, -0.2) is 4.79 Å². The van der Waals surface area contributed by atoms with Crippen LogP contribution in [0.1, 0.15) is 38.5 Å². The highest BCUT2D eigenvalue weighted by Gasteiger charge is 2.51. The Hall–Kier alpha value is -1.51. The van der Waals surface area contributed by atoms with Gasteiger partial charge in [0, 0.05) is 5.54 Å². The molecule has 0 aromatic heterocycles. The van der Waals surface area contributed by atoms with Gasteiger partial charge < -0.3 is 10.6 Å². The highest BCUT2D eigenvalue weighted by molar-refractivity contribution is 5.76. The molecule has 0 aliphatic heterocycles. The lowest BCUT2D eigenvalue weighted by atomic mass is 9.53. The normalized spacial score (nSPS) is 40.3. The lowest BCUT2D eigenvalue weighted by molar-refractivity contribution is -0.0135. The van der Waals surface area contributed by atoms with E-state index in [0.29, 0.717) is 0 Å². The summed E-state index contributed by atoms with van der Waals surface area (Å²) < 4.78 is 0. The Kier molecular flexibility index (Phi) is 3.16. The summed E-state index contributed by atoms with van der Waals surface area (Å²) in [5, 5.41) is 6.42. The van der Waals surface area contributed by atoms with Crippen LogP contribution in [0.2, 0.25) is 0 Å². The highest BCUT2D eigenvalue weighted by Crippen LogP contribution is 2.55. The zero-order chi connectivity index (χ0) is 14.3. The number of allylic oxidation sites excluding steroid dienone is 4. The maximum atomic E-state index is 12.4. The third kappa shape index (κ3) is 2.66. The number of hydrogen-bond donors (Lipinski definition) is 2. The second-order valence-corrected chi connectivity index (χ2v) is 7.48. The molecule has 3 nitrogen and oxygen atoms in total. The third-order valence-electron chi connectivity index (χ3n) is 5.68. The zero-order valence-electron chi connectivity index (χ0n) is 12.4. The SMILES string of the molecule is O=C(NC1C=CC=CC=C1)NC12CC3CC(CC(C3)C1)C2. The van der Waals surface area contributed by atoms with E-state index in [0.717, 1.165) is 17.8 Å². The van der Waals surface area contributed by atoms with Crippen molar-refractivity contribution in [3.8, 4) is 0 Å². The maximum Gasteiger partial charge on any atom is 0.315 e. The summed E-state index contributed by atoms with van der Waals surface area (Å²) >= 11 is 0. The van der Waals surface area contributed by atoms with Crippen molar-refractivity contribution in [2.45, 2.75) is 50.1 Å². The average Bonchev–Trinajstić information content (AvgIpc) is 2.64. The quantitative estimate of drug-likeness (QED) is 0.802. The molecule has 4 fully saturated rings. The summed E-state index contributed by atoms with van der Waals surface area (Å²) in [7, 11) is 0. The first-order chi connectivity index (χ1) is 10.2. The number of urea groups is 1. The number of nitrogens with one attached hydrogen (secondary N) is 2. The van der Waals surface area contributed by atoms with Crippen LogP contribution in [0.5, 0.6) is 0 Å². The first-order valence-corrected chi connectivity index (χ1v) is 8.31. The monoisotopic (exact) mass is 284 g/mol. The molecular weight excluding hydrogens is 260 g/mol. The van der Waals surface area contributed by atoms with E-state index >= 15 is 0 Å². The molecule has 112 valence electrons. The van der Waals surface area contributed by atoms with Crippen LogP contribution in [0.25, 0.3) is 0 Å². The predicted octanol–water partition coefficient (Wildman–Crippen LogP) is 3.31. The van der Waals surface area contributed by atoms with Crippen LogP contribution in [-0.2, 0) is 0 Å². The zero-order valence-corrected chi connectivity index (χ0v) is 12.4. The third-order valence-corrected chi connectivity index (χ3v) is 5.68. The molecule has 0 atom stereocenters. The topological polar surface area (TPSA) is 41.1 Å². The summed E-state index contributed by atoms with van der Waals surface area (Å²) in [6, 6.07) is -0.00735. The molecule has 3 heteroatoms. The second-order valence-electron chi connectivity index (χ2n) is 7.48. The van der Waals surface area contributed by atoms with E-state index in [9.17, 15) is 4.79 Å². The van der Waals surface area contributed by atoms with Crippen molar-refractivity contribution in [2.75, 3.05) is 0 Å². The molecule has 5 aliphatic rings. The van der Waals surface area contributed by atoms with Gasteiger partial charge in [-0.15, -0.1) is 0 Å². The molecule has 4 saturated carbocycles. The fourth-order valence-corrected chi connectivity index (χ4v) is 5.35. The van der Waals surface area contributed by atoms with Crippen molar-refractivity contribution in [2.24, 2.45) is 17.8 Å². The molecule has 2 N–H and O–H groups in total. The molecule has 5 rings (SSSR count). The molecule has 2 amide bonds. The number of hydrogen-bond acceptors (Lipinski definition) is 1. The summed E-state index contributed by atoms with van der Waals surface area (Å²) in [5.74, 6) is 2.58. The summed E-state index contributed by atoms with van der Waals surface area (Å²) in [4.78, 5) is 12.4. The fraction of sp³-hybridized carbons (Fsp3) is 0.611. The number of carbonyl (C=O) groups is 1. The predicted molar refractivity (Wildman–Crippen MR) is 83.8 cm³/mol. The molecular formula is C18H24N2O. The Bertz CT molecular complexity index is 466. The first kappa shape index (κ1) is 13.2. The fourth-order valence-electron chi connectivity index (χ4n) is 5.35. The van der Waals surface area contributed by atoms with E-state index in [1.54, 1.807) is 0 Å². The smallest absolute Gasteiger partial charge is 0.315 e. The van der Waals surface area contributed by atoms with Crippen LogP contribution >= 0.6 is 0 Å². The van der Waals surface area contributed by atoms with Gasteiger partial charge in [-0.1, -0.05) is 36.5 Å². The molecule has 21 heavy (non-hydrogen) atoms. The molecule has 5 aliphatic carbocycles. The minimum absolute atomic E-state index is 0.00171. The van der Waals surface area contributed by atoms with Gasteiger partial charge in [0.25, 0.3) is 0 Å². The minimum atomic E-state index is -0.00564. The van der Waals surface area contributed by atoms with Crippen LogP contribution in [0.3, 0.4) is 0 Å². The molecule has 0 unspecified atom stereocenters. The Morgan fingerprint density at radius 2 is 1.38 bits per heavy atom. The first-order valence-electron chi connectivity index (χ1n) is 8.31. The summed E-state index contributed by atoms with van der Waals surface area (Å²) in [6.45, 7) is 0. The second kappa shape index (κ2) is 5.04. The molecule has 0 saturated heterocycles. The van der Waals surface area contributed by atoms with Crippen molar-refractivity contribution in [3.63, 3.8) is 0 Å². The Labute approximate surface area is 126 Å². The average molecular weight is 284 g/mol. The van der Waals surface area contributed by atoms with Crippen LogP contribution in [-0.4, -0.2) is 17.6 Å². The van der Waals surface area contributed by atoms with Gasteiger partial charge in [-0.3, -0.25) is 0 Å². The standard InChI is InChI=1S/C18H24N2O/c21-17(19-16-5-3-1-2-4-6-16)20-18-10-13-7-14(11-18)9-15(8-13)12-18/h1-6,13-16H,7-12H2,(H2,19,20,21). The molecule has 0 aromatic carbocycles. The van der Waals surface area contributed by atoms with E-state index in [1.807, 2.05) is 36.5 Å². The van der Waals surface area contributed by atoms with Crippen molar-refractivity contribution in [3.05, 3.63) is 36.5 Å². The van der Waals surface area contributed by atoms with Gasteiger partial charge in [0.1, 0.15) is 0 Å². The summed E-state index contributed by atoms with van der Waals surface area (Å²) in [5.41, 5.74) is 0.0925. The highest BCUT2D eigenvalue weighted by atomic mass is 16.2. The van der Waals surface area contributed by atoms with Gasteiger partial charge in [-0.2, -0.15) is 0 Å². The van der Waals surface area contributed by atoms with E-state index in [1.165, 1.54) is 38.5 Å². The molecule has 0 spiro atoms. The number of amides is 2. The van der Waals surface area contributed by atoms with Crippen molar-refractivity contribution in [1.82, 2.24) is 10.6 Å². The molecule has 0 radical (unpaired) electrons. The molecule has 0 heterocycles. The van der Waals surface area contributed by atoms with Crippen molar-refractivity contribution >= 4 is 6.03 Å². The van der Waals surface area contributed by atoms with Crippen LogP contribution in [0.4, 0.5) is 4.79 Å². The maximum absolute atomic E-state index is 12.4. The minimum Gasteiger partial charge on any atom is -0.333 e. The Morgan fingerprint density at radius 3 is 1.90 bits per heavy atom. The molecule has 4 bridgehead atoms. The summed E-state index contributed by atoms with van der Waals surface area (Å²) in [6.07, 6.45) is 19.8. The molecule has 0 aromatic rings. The van der Waals surface area contributed by atoms with Gasteiger partial charge in [-0.05, 0) is 56.3 Å². The van der Waals surface area contributed by atoms with E-state index in [2.05, 4.69) is 10.6 Å². The van der Waals surface area contributed by atoms with Crippen LogP contribution in [0, 0.1) is 17.8 Å². The van der Waals surface area contributed by atoms with Gasteiger partial charge in [0.05, 0.1) is 6.04 Å². The lowest BCUT2D eigenvalue weighted by Gasteiger charge is -2.56. The Morgan fingerprint density at radius 1 is 0.857 bits per heavy atom. The van der Waals surface area contributed by atoms with Crippen LogP contribution < -0.4 is 10.6 Å². The number of rotatable bonds is 2. The lowest BCUT2D eigenvalue weighted by Crippen LogP contribution is -2.62. The Balaban J connectivity index is 1.40. The van der Waals surface area contributed by atoms with Crippen molar-refractivity contribution in [1.29, 1.82) is 0 Å². The largest absolute Gasteiger partial charge is 0.333 e. The van der Waals surface area contributed by atoms with Gasteiger partial charge in [0.15, 0.2) is 0 Å². The van der Waals surface area contributed by atoms with E-state index < -0.39 is 0 Å². The van der Waals surface area contributed by atoms with E-state index in [4.69, 9.17) is 0 Å². The van der Waals surface area contributed by atoms with E-state index in [-0.39, 0.29) is 17.6 Å². The van der Waals surface area contributed by atoms with Crippen molar-refractivity contribution < 1.29 is 4.79 Å². The number of carbonyl (C=O) groups excluding carboxylic acids is 1. The van der Waals surface area contributed by atoms with Gasteiger partial charge in [0.2, 0.25) is 0 Å².